The van der Waals surface area contributed by atoms with Crippen LogP contribution < -0.4 is 5.32 Å². The number of carbonyl (C=O) groups excluding carboxylic acids is 1. The quantitative estimate of drug-likeness (QED) is 0.631. The molecule has 0 radical (unpaired) electrons. The summed E-state index contributed by atoms with van der Waals surface area (Å²) in [5, 5.41) is 2.90. The molecule has 0 aliphatic heterocycles. The predicted octanol–water partition coefficient (Wildman–Crippen LogP) is 6.87. The molecule has 2 saturated carbocycles. The van der Waals surface area contributed by atoms with Crippen LogP contribution in [0.5, 0.6) is 0 Å². The minimum Gasteiger partial charge on any atom is -0.445 e. The van der Waals surface area contributed by atoms with Gasteiger partial charge < -0.3 is 4.74 Å². The van der Waals surface area contributed by atoms with Gasteiger partial charge in [-0.05, 0) is 73.6 Å². The lowest BCUT2D eigenvalue weighted by molar-refractivity contribution is -0.0915. The zero-order chi connectivity index (χ0) is 19.6. The third kappa shape index (κ3) is 3.94. The van der Waals surface area contributed by atoms with Crippen LogP contribution >= 0.6 is 0 Å². The molecule has 1 N–H and O–H groups in total. The molecule has 2 aliphatic rings. The maximum Gasteiger partial charge on any atom is 0.411 e. The van der Waals surface area contributed by atoms with Crippen LogP contribution in [0.25, 0.3) is 0 Å². The fourth-order valence-corrected chi connectivity index (χ4v) is 4.91. The van der Waals surface area contributed by atoms with Crippen molar-refractivity contribution in [3.8, 4) is 0 Å². The highest BCUT2D eigenvalue weighted by Crippen LogP contribution is 2.55. The molecule has 1 atom stereocenters. The molecular formula is C25H31NO2. The highest BCUT2D eigenvalue weighted by atomic mass is 16.6. The summed E-state index contributed by atoms with van der Waals surface area (Å²) in [4.78, 5) is 12.4. The zero-order valence-electron chi connectivity index (χ0n) is 17.0. The average molecular weight is 378 g/mol. The molecule has 3 nitrogen and oxygen atoms in total. The van der Waals surface area contributed by atoms with Crippen molar-refractivity contribution >= 4 is 11.8 Å². The molecule has 0 unspecified atom stereocenters. The molecule has 0 saturated heterocycles. The van der Waals surface area contributed by atoms with Gasteiger partial charge in [0.15, 0.2) is 0 Å². The molecule has 2 aromatic carbocycles. The Bertz CT molecular complexity index is 789. The van der Waals surface area contributed by atoms with Crippen molar-refractivity contribution in [3.05, 3.63) is 65.7 Å². The number of carbonyl (C=O) groups is 1. The number of rotatable bonds is 4. The Hall–Kier alpha value is -2.29. The van der Waals surface area contributed by atoms with E-state index in [0.717, 1.165) is 24.9 Å². The topological polar surface area (TPSA) is 38.3 Å². The van der Waals surface area contributed by atoms with Crippen molar-refractivity contribution in [2.45, 2.75) is 70.3 Å². The van der Waals surface area contributed by atoms with Gasteiger partial charge in [-0.25, -0.2) is 4.79 Å². The largest absolute Gasteiger partial charge is 0.445 e. The van der Waals surface area contributed by atoms with Gasteiger partial charge in [-0.15, -0.1) is 0 Å². The Morgan fingerprint density at radius 2 is 1.61 bits per heavy atom. The minimum atomic E-state index is -0.313. The molecule has 148 valence electrons. The van der Waals surface area contributed by atoms with Crippen LogP contribution in [-0.2, 0) is 4.74 Å². The summed E-state index contributed by atoms with van der Waals surface area (Å²) in [6, 6.07) is 18.9. The van der Waals surface area contributed by atoms with Gasteiger partial charge in [0.25, 0.3) is 0 Å². The van der Waals surface area contributed by atoms with Gasteiger partial charge in [0.1, 0.15) is 6.10 Å². The predicted molar refractivity (Wildman–Crippen MR) is 114 cm³/mol. The lowest BCUT2D eigenvalue weighted by Gasteiger charge is -2.52. The molecule has 2 aromatic rings. The number of hydrogen-bond acceptors (Lipinski definition) is 2. The van der Waals surface area contributed by atoms with Gasteiger partial charge in [-0.1, -0.05) is 56.3 Å². The van der Waals surface area contributed by atoms with Gasteiger partial charge in [0.2, 0.25) is 0 Å². The van der Waals surface area contributed by atoms with Gasteiger partial charge >= 0.3 is 6.09 Å². The minimum absolute atomic E-state index is 0.0687. The van der Waals surface area contributed by atoms with Gasteiger partial charge in [-0.3, -0.25) is 5.32 Å². The first-order valence-corrected chi connectivity index (χ1v) is 10.7. The monoisotopic (exact) mass is 377 g/mol. The summed E-state index contributed by atoms with van der Waals surface area (Å²) >= 11 is 0. The summed E-state index contributed by atoms with van der Waals surface area (Å²) in [6.45, 7) is 4.33. The number of benzene rings is 2. The second-order valence-corrected chi connectivity index (χ2v) is 8.88. The van der Waals surface area contributed by atoms with E-state index in [-0.39, 0.29) is 17.6 Å². The Labute approximate surface area is 168 Å². The van der Waals surface area contributed by atoms with E-state index in [1.54, 1.807) is 0 Å². The van der Waals surface area contributed by atoms with Gasteiger partial charge in [0.05, 0.1) is 0 Å². The van der Waals surface area contributed by atoms with E-state index in [9.17, 15) is 4.79 Å². The van der Waals surface area contributed by atoms with Crippen LogP contribution in [0.3, 0.4) is 0 Å². The van der Waals surface area contributed by atoms with E-state index in [0.29, 0.717) is 11.8 Å². The Morgan fingerprint density at radius 1 is 0.964 bits per heavy atom. The van der Waals surface area contributed by atoms with E-state index in [4.69, 9.17) is 4.74 Å². The summed E-state index contributed by atoms with van der Waals surface area (Å²) in [5.41, 5.74) is 3.74. The number of amides is 1. The van der Waals surface area contributed by atoms with Crippen LogP contribution in [0.2, 0.25) is 0 Å². The fraction of sp³-hybridized carbons (Fsp3) is 0.480. The average Bonchev–Trinajstić information content (AvgIpc) is 2.72. The van der Waals surface area contributed by atoms with E-state index in [2.05, 4.69) is 61.6 Å². The molecule has 2 aliphatic carbocycles. The summed E-state index contributed by atoms with van der Waals surface area (Å²) in [7, 11) is 0. The van der Waals surface area contributed by atoms with Crippen LogP contribution in [-0.4, -0.2) is 12.2 Å². The van der Waals surface area contributed by atoms with Crippen LogP contribution in [0.4, 0.5) is 10.5 Å². The number of anilines is 1. The smallest absolute Gasteiger partial charge is 0.411 e. The maximum atomic E-state index is 12.4. The first-order valence-electron chi connectivity index (χ1n) is 10.7. The molecular weight excluding hydrogens is 346 g/mol. The van der Waals surface area contributed by atoms with Crippen LogP contribution in [0, 0.1) is 5.41 Å². The second-order valence-electron chi connectivity index (χ2n) is 8.88. The van der Waals surface area contributed by atoms with Gasteiger partial charge in [-0.2, -0.15) is 0 Å². The van der Waals surface area contributed by atoms with Gasteiger partial charge in [0, 0.05) is 11.1 Å². The summed E-state index contributed by atoms with van der Waals surface area (Å²) in [6.07, 6.45) is 6.65. The number of nitrogens with one attached hydrogen (secondary N) is 1. The van der Waals surface area contributed by atoms with Crippen molar-refractivity contribution in [1.29, 1.82) is 0 Å². The zero-order valence-corrected chi connectivity index (χ0v) is 17.0. The normalized spacial score (nSPS) is 26.7. The first kappa shape index (κ1) is 19.0. The first-order chi connectivity index (χ1) is 13.6. The van der Waals surface area contributed by atoms with E-state index in [1.165, 1.54) is 30.4 Å². The molecule has 0 heterocycles. The van der Waals surface area contributed by atoms with Crippen molar-refractivity contribution in [3.63, 3.8) is 0 Å². The SMILES string of the molecule is CC(C)c1ccc(NC(=O)O[C@H]2CCC23CCC(c2ccccc2)CC3)cc1. The lowest BCUT2D eigenvalue weighted by Crippen LogP contribution is -2.49. The highest BCUT2D eigenvalue weighted by Gasteiger charge is 2.50. The molecule has 3 heteroatoms. The highest BCUT2D eigenvalue weighted by molar-refractivity contribution is 5.84. The van der Waals surface area contributed by atoms with Crippen LogP contribution in [0.15, 0.2) is 54.6 Å². The van der Waals surface area contributed by atoms with E-state index >= 15 is 0 Å². The summed E-state index contributed by atoms with van der Waals surface area (Å²) in [5.74, 6) is 1.14. The molecule has 2 fully saturated rings. The molecule has 1 amide bonds. The Morgan fingerprint density at radius 3 is 2.18 bits per heavy atom. The van der Waals surface area contributed by atoms with Crippen molar-refractivity contribution < 1.29 is 9.53 Å². The third-order valence-electron chi connectivity index (χ3n) is 6.91. The number of ether oxygens (including phenoxy) is 1. The third-order valence-corrected chi connectivity index (χ3v) is 6.91. The Balaban J connectivity index is 1.30. The van der Waals surface area contributed by atoms with Crippen LogP contribution in [0.1, 0.15) is 75.3 Å². The maximum absolute atomic E-state index is 12.4. The molecule has 0 aromatic heterocycles. The fourth-order valence-electron chi connectivity index (χ4n) is 4.91. The van der Waals surface area contributed by atoms with Crippen molar-refractivity contribution in [1.82, 2.24) is 0 Å². The standard InChI is InChI=1S/C25H31NO2/c1-18(2)19-8-10-22(11-9-19)26-24(27)28-23-14-17-25(23)15-12-21(13-16-25)20-6-4-3-5-7-20/h3-11,18,21,23H,12-17H2,1-2H3,(H,26,27)/t21?,23-,25?/m0/s1. The molecule has 28 heavy (non-hydrogen) atoms. The Kier molecular flexibility index (Phi) is 5.43. The van der Waals surface area contributed by atoms with Crippen molar-refractivity contribution in [2.75, 3.05) is 5.32 Å². The second kappa shape index (κ2) is 7.98. The summed E-state index contributed by atoms with van der Waals surface area (Å²) < 4.78 is 5.85. The van der Waals surface area contributed by atoms with E-state index < -0.39 is 0 Å². The van der Waals surface area contributed by atoms with E-state index in [1.807, 2.05) is 12.1 Å². The molecule has 1 spiro atoms. The number of hydrogen-bond donors (Lipinski definition) is 1. The lowest BCUT2D eigenvalue weighted by atomic mass is 9.56. The molecule has 0 bridgehead atoms. The molecule has 4 rings (SSSR count). The van der Waals surface area contributed by atoms with Crippen molar-refractivity contribution in [2.24, 2.45) is 5.41 Å².